The molecular weight excluding hydrogens is 500 g/mol. The van der Waals surface area contributed by atoms with Gasteiger partial charge >= 0.3 is 0 Å². The number of thioether (sulfide) groups is 1. The standard InChI is InChI=1S/C22H24BrClN4O2S/c1-13(2)16-7-5-14(3)9-19(16)30-11-20-26-27-22(28(20)4)31-12-21(29)25-15-6-8-18(24)17(23)10-15/h5-10,13H,11-12H2,1-4H3,(H,25,29). The van der Waals surface area contributed by atoms with Crippen LogP contribution in [0.3, 0.4) is 0 Å². The Balaban J connectivity index is 1.58. The molecule has 164 valence electrons. The van der Waals surface area contributed by atoms with Gasteiger partial charge in [0.05, 0.1) is 10.8 Å². The Morgan fingerprint density at radius 2 is 2.03 bits per heavy atom. The van der Waals surface area contributed by atoms with Crippen LogP contribution < -0.4 is 10.1 Å². The number of carbonyl (C=O) groups excluding carboxylic acids is 1. The van der Waals surface area contributed by atoms with Crippen LogP contribution in [0.4, 0.5) is 5.69 Å². The fourth-order valence-corrected chi connectivity index (χ4v) is 4.11. The molecule has 0 aliphatic heterocycles. The molecule has 1 aromatic heterocycles. The van der Waals surface area contributed by atoms with Crippen molar-refractivity contribution >= 4 is 50.9 Å². The van der Waals surface area contributed by atoms with Crippen LogP contribution in [0.1, 0.15) is 36.7 Å². The van der Waals surface area contributed by atoms with Gasteiger partial charge in [0.15, 0.2) is 11.0 Å². The van der Waals surface area contributed by atoms with Crippen LogP contribution in [0, 0.1) is 6.92 Å². The third kappa shape index (κ3) is 6.24. The molecule has 9 heteroatoms. The van der Waals surface area contributed by atoms with Crippen LogP contribution in [-0.2, 0) is 18.4 Å². The van der Waals surface area contributed by atoms with Gasteiger partial charge in [-0.15, -0.1) is 10.2 Å². The Hall–Kier alpha value is -2.03. The Morgan fingerprint density at radius 1 is 1.26 bits per heavy atom. The van der Waals surface area contributed by atoms with E-state index in [9.17, 15) is 4.79 Å². The molecule has 0 saturated heterocycles. The minimum absolute atomic E-state index is 0.138. The number of amides is 1. The zero-order valence-electron chi connectivity index (χ0n) is 17.8. The van der Waals surface area contributed by atoms with E-state index in [0.29, 0.717) is 34.2 Å². The highest BCUT2D eigenvalue weighted by atomic mass is 79.9. The van der Waals surface area contributed by atoms with Crippen molar-refractivity contribution in [3.05, 3.63) is 62.8 Å². The Morgan fingerprint density at radius 3 is 2.74 bits per heavy atom. The zero-order valence-corrected chi connectivity index (χ0v) is 20.9. The zero-order chi connectivity index (χ0) is 22.5. The van der Waals surface area contributed by atoms with E-state index in [0.717, 1.165) is 21.3 Å². The molecule has 1 N–H and O–H groups in total. The van der Waals surface area contributed by atoms with Gasteiger partial charge in [-0.05, 0) is 64.2 Å². The van der Waals surface area contributed by atoms with E-state index in [-0.39, 0.29) is 11.7 Å². The second-order valence-corrected chi connectivity index (χ2v) is 9.61. The number of hydrogen-bond donors (Lipinski definition) is 1. The van der Waals surface area contributed by atoms with Crippen LogP contribution in [0.5, 0.6) is 5.75 Å². The van der Waals surface area contributed by atoms with E-state index in [1.165, 1.54) is 11.8 Å². The Kier molecular flexibility index (Phi) is 8.02. The largest absolute Gasteiger partial charge is 0.485 e. The van der Waals surface area contributed by atoms with E-state index in [1.54, 1.807) is 18.2 Å². The predicted molar refractivity (Wildman–Crippen MR) is 129 cm³/mol. The first-order valence-electron chi connectivity index (χ1n) is 9.74. The number of ether oxygens (including phenoxy) is 1. The van der Waals surface area contributed by atoms with Crippen molar-refractivity contribution in [1.82, 2.24) is 14.8 Å². The Labute approximate surface area is 199 Å². The van der Waals surface area contributed by atoms with Gasteiger partial charge in [-0.1, -0.05) is 49.3 Å². The average Bonchev–Trinajstić information content (AvgIpc) is 3.07. The average molecular weight is 524 g/mol. The molecule has 1 amide bonds. The lowest BCUT2D eigenvalue weighted by atomic mass is 10.0. The van der Waals surface area contributed by atoms with Gasteiger partial charge in [-0.25, -0.2) is 0 Å². The minimum Gasteiger partial charge on any atom is -0.485 e. The van der Waals surface area contributed by atoms with Gasteiger partial charge in [-0.3, -0.25) is 4.79 Å². The van der Waals surface area contributed by atoms with Crippen molar-refractivity contribution in [3.8, 4) is 5.75 Å². The van der Waals surface area contributed by atoms with Crippen LogP contribution in [-0.4, -0.2) is 26.4 Å². The Bertz CT molecular complexity index is 1090. The monoisotopic (exact) mass is 522 g/mol. The summed E-state index contributed by atoms with van der Waals surface area (Å²) in [5.41, 5.74) is 2.98. The highest BCUT2D eigenvalue weighted by Crippen LogP contribution is 2.29. The number of rotatable bonds is 8. The maximum absolute atomic E-state index is 12.3. The molecule has 0 fully saturated rings. The van der Waals surface area contributed by atoms with Gasteiger partial charge in [0, 0.05) is 17.2 Å². The number of nitrogens with zero attached hydrogens (tertiary/aromatic N) is 3. The summed E-state index contributed by atoms with van der Waals surface area (Å²) in [5, 5.41) is 12.5. The van der Waals surface area contributed by atoms with Crippen LogP contribution in [0.15, 0.2) is 46.0 Å². The molecule has 0 radical (unpaired) electrons. The van der Waals surface area contributed by atoms with Crippen molar-refractivity contribution < 1.29 is 9.53 Å². The minimum atomic E-state index is -0.138. The summed E-state index contributed by atoms with van der Waals surface area (Å²) < 4.78 is 8.64. The maximum atomic E-state index is 12.3. The molecule has 0 aliphatic carbocycles. The van der Waals surface area contributed by atoms with Gasteiger partial charge in [0.1, 0.15) is 12.4 Å². The van der Waals surface area contributed by atoms with E-state index in [2.05, 4.69) is 57.4 Å². The third-order valence-electron chi connectivity index (χ3n) is 4.61. The fourth-order valence-electron chi connectivity index (χ4n) is 2.88. The normalized spacial score (nSPS) is 11.1. The molecule has 0 bridgehead atoms. The number of nitrogens with one attached hydrogen (secondary N) is 1. The van der Waals surface area contributed by atoms with E-state index in [4.69, 9.17) is 16.3 Å². The number of anilines is 1. The van der Waals surface area contributed by atoms with Crippen LogP contribution >= 0.6 is 39.3 Å². The first-order valence-corrected chi connectivity index (χ1v) is 11.9. The smallest absolute Gasteiger partial charge is 0.234 e. The number of benzene rings is 2. The summed E-state index contributed by atoms with van der Waals surface area (Å²) in [6.07, 6.45) is 0. The molecule has 31 heavy (non-hydrogen) atoms. The van der Waals surface area contributed by atoms with Gasteiger partial charge in [0.2, 0.25) is 5.91 Å². The summed E-state index contributed by atoms with van der Waals surface area (Å²) in [6, 6.07) is 11.5. The quantitative estimate of drug-likeness (QED) is 0.368. The van der Waals surface area contributed by atoms with Crippen LogP contribution in [0.2, 0.25) is 5.02 Å². The molecule has 0 aliphatic rings. The molecule has 0 spiro atoms. The lowest BCUT2D eigenvalue weighted by molar-refractivity contribution is -0.113. The van der Waals surface area contributed by atoms with Crippen molar-refractivity contribution in [2.75, 3.05) is 11.1 Å². The molecule has 0 unspecified atom stereocenters. The van der Waals surface area contributed by atoms with E-state index in [1.807, 2.05) is 24.6 Å². The summed E-state index contributed by atoms with van der Waals surface area (Å²) >= 11 is 10.7. The SMILES string of the molecule is Cc1ccc(C(C)C)c(OCc2nnc(SCC(=O)Nc3ccc(Cl)c(Br)c3)n2C)c1. The second kappa shape index (κ2) is 10.5. The molecule has 0 atom stereocenters. The summed E-state index contributed by atoms with van der Waals surface area (Å²) in [7, 11) is 1.87. The van der Waals surface area contributed by atoms with Crippen molar-refractivity contribution in [3.63, 3.8) is 0 Å². The first kappa shape index (κ1) is 23.6. The van der Waals surface area contributed by atoms with Crippen molar-refractivity contribution in [2.45, 2.75) is 38.5 Å². The van der Waals surface area contributed by atoms with Gasteiger partial charge in [-0.2, -0.15) is 0 Å². The molecule has 3 aromatic rings. The van der Waals surface area contributed by atoms with Gasteiger partial charge < -0.3 is 14.6 Å². The van der Waals surface area contributed by atoms with E-state index >= 15 is 0 Å². The highest BCUT2D eigenvalue weighted by molar-refractivity contribution is 9.10. The second-order valence-electron chi connectivity index (χ2n) is 7.41. The fraction of sp³-hybridized carbons (Fsp3) is 0.318. The molecular formula is C22H24BrClN4O2S. The molecule has 6 nitrogen and oxygen atoms in total. The van der Waals surface area contributed by atoms with Crippen molar-refractivity contribution in [2.24, 2.45) is 7.05 Å². The number of aryl methyl sites for hydroxylation is 1. The van der Waals surface area contributed by atoms with Crippen molar-refractivity contribution in [1.29, 1.82) is 0 Å². The number of halogens is 2. The topological polar surface area (TPSA) is 69.0 Å². The number of carbonyl (C=O) groups is 1. The van der Waals surface area contributed by atoms with E-state index < -0.39 is 0 Å². The highest BCUT2D eigenvalue weighted by Gasteiger charge is 2.14. The molecule has 3 rings (SSSR count). The summed E-state index contributed by atoms with van der Waals surface area (Å²) in [6.45, 7) is 6.63. The third-order valence-corrected chi connectivity index (χ3v) is 6.84. The van der Waals surface area contributed by atoms with Gasteiger partial charge in [0.25, 0.3) is 0 Å². The number of hydrogen-bond acceptors (Lipinski definition) is 5. The predicted octanol–water partition coefficient (Wildman–Crippen LogP) is 5.97. The molecule has 0 saturated carbocycles. The molecule has 1 heterocycles. The van der Waals surface area contributed by atoms with Crippen LogP contribution in [0.25, 0.3) is 0 Å². The summed E-state index contributed by atoms with van der Waals surface area (Å²) in [4.78, 5) is 12.3. The maximum Gasteiger partial charge on any atom is 0.234 e. The molecule has 2 aromatic carbocycles. The summed E-state index contributed by atoms with van der Waals surface area (Å²) in [5.74, 6) is 1.99. The lowest BCUT2D eigenvalue weighted by Crippen LogP contribution is -2.14. The lowest BCUT2D eigenvalue weighted by Gasteiger charge is -2.14. The number of aromatic nitrogens is 3. The first-order chi connectivity index (χ1) is 14.7.